The summed E-state index contributed by atoms with van der Waals surface area (Å²) < 4.78 is 5.35. The van der Waals surface area contributed by atoms with E-state index < -0.39 is 6.09 Å². The number of fused-ring (bicyclic) bond motifs is 1. The Bertz CT molecular complexity index is 919. The van der Waals surface area contributed by atoms with Gasteiger partial charge in [0.2, 0.25) is 5.91 Å². The van der Waals surface area contributed by atoms with Gasteiger partial charge in [0, 0.05) is 18.3 Å². The first-order valence-electron chi connectivity index (χ1n) is 8.21. The molecule has 2 aromatic carbocycles. The van der Waals surface area contributed by atoms with Crippen molar-refractivity contribution in [2.75, 3.05) is 11.9 Å². The Morgan fingerprint density at radius 1 is 1.08 bits per heavy atom. The minimum atomic E-state index is -0.499. The smallest absolute Gasteiger partial charge is 0.410 e. The average Bonchev–Trinajstić information content (AvgIpc) is 3.43. The summed E-state index contributed by atoms with van der Waals surface area (Å²) in [6.07, 6.45) is 1.19. The summed E-state index contributed by atoms with van der Waals surface area (Å²) in [5.41, 5.74) is 2.13. The molecule has 0 aromatic heterocycles. The number of likely N-dealkylation sites (tertiary alicyclic amines) is 1. The van der Waals surface area contributed by atoms with E-state index in [0.717, 1.165) is 11.3 Å². The molecule has 0 bridgehead atoms. The van der Waals surface area contributed by atoms with Crippen molar-refractivity contribution in [3.63, 3.8) is 0 Å². The highest BCUT2D eigenvalue weighted by Crippen LogP contribution is 2.39. The van der Waals surface area contributed by atoms with Gasteiger partial charge in [0.25, 0.3) is 5.91 Å². The fourth-order valence-electron chi connectivity index (χ4n) is 2.89. The molecule has 6 nitrogen and oxygen atoms in total. The molecule has 0 N–H and O–H groups in total. The molecule has 130 valence electrons. The molecule has 0 saturated carbocycles. The van der Waals surface area contributed by atoms with Crippen LogP contribution < -0.4 is 9.64 Å². The highest BCUT2D eigenvalue weighted by molar-refractivity contribution is 6.20. The van der Waals surface area contributed by atoms with Gasteiger partial charge in [0.05, 0.1) is 12.5 Å². The third kappa shape index (κ3) is 2.86. The molecule has 1 heterocycles. The Morgan fingerprint density at radius 2 is 1.77 bits per heavy atom. The molecule has 1 unspecified atom stereocenters. The minimum absolute atomic E-state index is 0.162. The number of nitrogens with zero attached hydrogens (tertiary/aromatic N) is 2. The van der Waals surface area contributed by atoms with Crippen LogP contribution in [0.5, 0.6) is 5.75 Å². The molecule has 1 aliphatic heterocycles. The lowest BCUT2D eigenvalue weighted by Crippen LogP contribution is -2.31. The van der Waals surface area contributed by atoms with Gasteiger partial charge in [0.1, 0.15) is 5.75 Å². The highest BCUT2D eigenvalue weighted by Gasteiger charge is 2.50. The lowest BCUT2D eigenvalue weighted by Gasteiger charge is -2.17. The van der Waals surface area contributed by atoms with Crippen molar-refractivity contribution >= 4 is 23.6 Å². The van der Waals surface area contributed by atoms with E-state index in [1.54, 1.807) is 37.4 Å². The summed E-state index contributed by atoms with van der Waals surface area (Å²) in [6, 6.07) is 16.0. The van der Waals surface area contributed by atoms with E-state index in [1.165, 1.54) is 9.80 Å². The van der Waals surface area contributed by atoms with Crippen LogP contribution in [0.4, 0.5) is 10.5 Å². The van der Waals surface area contributed by atoms with E-state index in [4.69, 9.17) is 4.74 Å². The zero-order valence-corrected chi connectivity index (χ0v) is 14.1. The molecule has 3 amide bonds. The number of hydrogen-bond acceptors (Lipinski definition) is 4. The summed E-state index contributed by atoms with van der Waals surface area (Å²) >= 11 is 0. The first kappa shape index (κ1) is 16.1. The monoisotopic (exact) mass is 348 g/mol. The Kier molecular flexibility index (Phi) is 3.80. The summed E-state index contributed by atoms with van der Waals surface area (Å²) in [7, 11) is 1.64. The molecular weight excluding hydrogens is 332 g/mol. The van der Waals surface area contributed by atoms with Crippen LogP contribution in [0.1, 0.15) is 5.56 Å². The predicted molar refractivity (Wildman–Crippen MR) is 94.4 cm³/mol. The van der Waals surface area contributed by atoms with Gasteiger partial charge in [-0.05, 0) is 29.8 Å². The topological polar surface area (TPSA) is 66.9 Å². The number of ether oxygens (including phenoxy) is 1. The Labute approximate surface area is 150 Å². The van der Waals surface area contributed by atoms with Crippen LogP contribution in [0.15, 0.2) is 66.2 Å². The molecule has 0 spiro atoms. The van der Waals surface area contributed by atoms with Crippen molar-refractivity contribution in [2.45, 2.75) is 6.54 Å². The molecular formula is C20H16N2O4. The first-order chi connectivity index (χ1) is 12.5. The van der Waals surface area contributed by atoms with Gasteiger partial charge >= 0.3 is 6.09 Å². The van der Waals surface area contributed by atoms with Crippen molar-refractivity contribution in [1.82, 2.24) is 4.90 Å². The number of rotatable bonds is 4. The zero-order chi connectivity index (χ0) is 18.3. The number of anilines is 1. The maximum atomic E-state index is 12.2. The van der Waals surface area contributed by atoms with Crippen LogP contribution in [0.3, 0.4) is 0 Å². The maximum Gasteiger partial charge on any atom is 0.419 e. The molecule has 1 atom stereocenters. The summed E-state index contributed by atoms with van der Waals surface area (Å²) in [5, 5.41) is 0. The number of amides is 3. The minimum Gasteiger partial charge on any atom is -0.410 e. The van der Waals surface area contributed by atoms with Gasteiger partial charge < -0.3 is 4.74 Å². The quantitative estimate of drug-likeness (QED) is 0.797. The van der Waals surface area contributed by atoms with E-state index >= 15 is 0 Å². The number of benzene rings is 2. The zero-order valence-electron chi connectivity index (χ0n) is 14.1. The standard InChI is InChI=1S/C20H16N2O4/c1-21(14-5-3-2-4-6-14)20(25)26-15-9-7-13(8-10-15)12-22-18(23)16-11-17(16)19(22)24/h2-11,16H,12H2,1H3. The fraction of sp³-hybridized carbons (Fsp3) is 0.150. The lowest BCUT2D eigenvalue weighted by atomic mass is 10.2. The van der Waals surface area contributed by atoms with E-state index in [0.29, 0.717) is 11.3 Å². The van der Waals surface area contributed by atoms with Gasteiger partial charge in [0.15, 0.2) is 0 Å². The summed E-state index contributed by atoms with van der Waals surface area (Å²) in [4.78, 5) is 38.8. The second-order valence-corrected chi connectivity index (χ2v) is 6.24. The second kappa shape index (κ2) is 6.15. The van der Waals surface area contributed by atoms with E-state index in [9.17, 15) is 14.4 Å². The normalized spacial score (nSPS) is 17.7. The molecule has 1 fully saturated rings. The van der Waals surface area contributed by atoms with Crippen LogP contribution in [-0.2, 0) is 16.1 Å². The largest absolute Gasteiger partial charge is 0.419 e. The molecule has 2 aliphatic rings. The average molecular weight is 348 g/mol. The van der Waals surface area contributed by atoms with Crippen LogP contribution in [-0.4, -0.2) is 29.9 Å². The summed E-state index contributed by atoms with van der Waals surface area (Å²) in [6.45, 7) is 0.226. The van der Waals surface area contributed by atoms with Crippen LogP contribution in [0.25, 0.3) is 0 Å². The Hall–Kier alpha value is -3.41. The van der Waals surface area contributed by atoms with Gasteiger partial charge in [-0.15, -0.1) is 0 Å². The third-order valence-electron chi connectivity index (χ3n) is 4.48. The molecule has 26 heavy (non-hydrogen) atoms. The van der Waals surface area contributed by atoms with Gasteiger partial charge in [-0.1, -0.05) is 36.4 Å². The fourth-order valence-corrected chi connectivity index (χ4v) is 2.89. The number of imide groups is 1. The number of carbonyl (C=O) groups is 3. The first-order valence-corrected chi connectivity index (χ1v) is 8.21. The maximum absolute atomic E-state index is 12.2. The number of hydrogen-bond donors (Lipinski definition) is 0. The molecule has 4 rings (SSSR count). The second-order valence-electron chi connectivity index (χ2n) is 6.24. The van der Waals surface area contributed by atoms with Crippen LogP contribution in [0, 0.1) is 5.92 Å². The SMILES string of the molecule is CN(C(=O)Oc1ccc(CN2C(=O)C3=CC3C2=O)cc1)c1ccccc1. The van der Waals surface area contributed by atoms with Crippen LogP contribution in [0.2, 0.25) is 0 Å². The van der Waals surface area contributed by atoms with Crippen molar-refractivity contribution in [3.05, 3.63) is 71.8 Å². The Morgan fingerprint density at radius 3 is 2.38 bits per heavy atom. The van der Waals surface area contributed by atoms with E-state index in [1.807, 2.05) is 30.3 Å². The lowest BCUT2D eigenvalue weighted by molar-refractivity contribution is -0.139. The van der Waals surface area contributed by atoms with Crippen molar-refractivity contribution < 1.29 is 19.1 Å². The summed E-state index contributed by atoms with van der Waals surface area (Å²) in [5.74, 6) is -0.271. The van der Waals surface area contributed by atoms with Crippen molar-refractivity contribution in [2.24, 2.45) is 5.92 Å². The van der Waals surface area contributed by atoms with Gasteiger partial charge in [-0.2, -0.15) is 0 Å². The predicted octanol–water partition coefficient (Wildman–Crippen LogP) is 2.75. The molecule has 2 aromatic rings. The van der Waals surface area contributed by atoms with E-state index in [2.05, 4.69) is 0 Å². The van der Waals surface area contributed by atoms with Gasteiger partial charge in [-0.25, -0.2) is 4.79 Å². The Balaban J connectivity index is 1.39. The van der Waals surface area contributed by atoms with Gasteiger partial charge in [-0.3, -0.25) is 19.4 Å². The highest BCUT2D eigenvalue weighted by atomic mass is 16.6. The van der Waals surface area contributed by atoms with Crippen molar-refractivity contribution in [3.8, 4) is 5.75 Å². The van der Waals surface area contributed by atoms with E-state index in [-0.39, 0.29) is 24.3 Å². The number of carbonyl (C=O) groups excluding carboxylic acids is 3. The molecule has 6 heteroatoms. The molecule has 1 saturated heterocycles. The number of para-hydroxylation sites is 1. The molecule has 0 radical (unpaired) electrons. The third-order valence-corrected chi connectivity index (χ3v) is 4.48. The van der Waals surface area contributed by atoms with Crippen LogP contribution >= 0.6 is 0 Å². The molecule has 1 aliphatic carbocycles. The van der Waals surface area contributed by atoms with Crippen molar-refractivity contribution in [1.29, 1.82) is 0 Å².